The van der Waals surface area contributed by atoms with Gasteiger partial charge < -0.3 is 5.73 Å². The fourth-order valence-electron chi connectivity index (χ4n) is 1.45. The van der Waals surface area contributed by atoms with Crippen molar-refractivity contribution in [1.29, 1.82) is 0 Å². The van der Waals surface area contributed by atoms with Crippen molar-refractivity contribution in [3.8, 4) is 0 Å². The molecule has 2 heterocycles. The molecule has 0 aromatic carbocycles. The van der Waals surface area contributed by atoms with Crippen LogP contribution in [0.4, 0.5) is 0 Å². The van der Waals surface area contributed by atoms with Crippen molar-refractivity contribution < 1.29 is 0 Å². The maximum atomic E-state index is 5.77. The maximum absolute atomic E-state index is 5.77. The van der Waals surface area contributed by atoms with Crippen LogP contribution in [0.15, 0.2) is 0 Å². The zero-order valence-corrected chi connectivity index (χ0v) is 11.8. The van der Waals surface area contributed by atoms with Crippen molar-refractivity contribution in [2.75, 3.05) is 6.54 Å². The Balaban J connectivity index is 2.57. The SMILES string of the molecule is CC(C)(C)c1nnc2sc(C(C)(C)CN)nn12. The molecule has 2 N–H and O–H groups in total. The van der Waals surface area contributed by atoms with Crippen LogP contribution in [-0.4, -0.2) is 26.4 Å². The van der Waals surface area contributed by atoms with Crippen LogP contribution in [0.25, 0.3) is 4.96 Å². The van der Waals surface area contributed by atoms with E-state index in [1.54, 1.807) is 11.3 Å². The summed E-state index contributed by atoms with van der Waals surface area (Å²) in [4.78, 5) is 0.839. The molecule has 17 heavy (non-hydrogen) atoms. The fourth-order valence-corrected chi connectivity index (χ4v) is 2.40. The number of nitrogens with zero attached hydrogens (tertiary/aromatic N) is 4. The zero-order valence-electron chi connectivity index (χ0n) is 11.0. The highest BCUT2D eigenvalue weighted by molar-refractivity contribution is 7.16. The van der Waals surface area contributed by atoms with Gasteiger partial charge in [-0.25, -0.2) is 0 Å². The summed E-state index contributed by atoms with van der Waals surface area (Å²) in [7, 11) is 0. The molecule has 5 nitrogen and oxygen atoms in total. The van der Waals surface area contributed by atoms with Crippen molar-refractivity contribution in [3.05, 3.63) is 10.8 Å². The number of rotatable bonds is 2. The van der Waals surface area contributed by atoms with E-state index in [9.17, 15) is 0 Å². The quantitative estimate of drug-likeness (QED) is 0.884. The van der Waals surface area contributed by atoms with Crippen LogP contribution in [0.2, 0.25) is 0 Å². The van der Waals surface area contributed by atoms with Crippen molar-refractivity contribution in [3.63, 3.8) is 0 Å². The van der Waals surface area contributed by atoms with E-state index in [1.165, 1.54) is 0 Å². The van der Waals surface area contributed by atoms with E-state index in [0.29, 0.717) is 6.54 Å². The van der Waals surface area contributed by atoms with Crippen LogP contribution in [0.1, 0.15) is 45.5 Å². The predicted octanol–water partition coefficient (Wildman–Crippen LogP) is 1.72. The predicted molar refractivity (Wildman–Crippen MR) is 69.4 cm³/mol. The average molecular weight is 253 g/mol. The van der Waals surface area contributed by atoms with Crippen LogP contribution in [0.3, 0.4) is 0 Å². The Labute approximate surface area is 105 Å². The Hall–Kier alpha value is -1.01. The third-order valence-corrected chi connectivity index (χ3v) is 4.02. The fraction of sp³-hybridized carbons (Fsp3) is 0.727. The molecule has 0 aliphatic carbocycles. The van der Waals surface area contributed by atoms with Gasteiger partial charge in [0.05, 0.1) is 0 Å². The van der Waals surface area contributed by atoms with Crippen molar-refractivity contribution in [1.82, 2.24) is 19.8 Å². The molecule has 0 radical (unpaired) electrons. The molecule has 2 aromatic heterocycles. The van der Waals surface area contributed by atoms with E-state index in [1.807, 2.05) is 4.52 Å². The van der Waals surface area contributed by atoms with E-state index >= 15 is 0 Å². The Morgan fingerprint density at radius 3 is 2.35 bits per heavy atom. The van der Waals surface area contributed by atoms with Crippen molar-refractivity contribution in [2.45, 2.75) is 45.4 Å². The molecular weight excluding hydrogens is 234 g/mol. The first kappa shape index (κ1) is 12.4. The van der Waals surface area contributed by atoms with Gasteiger partial charge in [-0.3, -0.25) is 0 Å². The number of hydrogen-bond acceptors (Lipinski definition) is 5. The molecule has 0 amide bonds. The molecule has 0 spiro atoms. The van der Waals surface area contributed by atoms with E-state index in [4.69, 9.17) is 5.73 Å². The van der Waals surface area contributed by atoms with Crippen molar-refractivity contribution in [2.24, 2.45) is 5.73 Å². The van der Waals surface area contributed by atoms with Crippen LogP contribution in [0, 0.1) is 0 Å². The highest BCUT2D eigenvalue weighted by Gasteiger charge is 2.28. The summed E-state index contributed by atoms with van der Waals surface area (Å²) in [6, 6.07) is 0. The molecule has 6 heteroatoms. The van der Waals surface area contributed by atoms with Gasteiger partial charge in [0.25, 0.3) is 0 Å². The van der Waals surface area contributed by atoms with E-state index in [2.05, 4.69) is 49.9 Å². The van der Waals surface area contributed by atoms with E-state index in [0.717, 1.165) is 15.8 Å². The molecule has 2 rings (SSSR count). The first-order chi connectivity index (χ1) is 7.75. The Morgan fingerprint density at radius 1 is 1.18 bits per heavy atom. The number of fused-ring (bicyclic) bond motifs is 1. The van der Waals surface area contributed by atoms with Crippen molar-refractivity contribution >= 4 is 16.3 Å². The number of aromatic nitrogens is 4. The highest BCUT2D eigenvalue weighted by Crippen LogP contribution is 2.29. The Kier molecular flexibility index (Phi) is 2.74. The summed E-state index contributed by atoms with van der Waals surface area (Å²) in [6.07, 6.45) is 0. The zero-order chi connectivity index (χ0) is 12.8. The molecule has 0 aliphatic rings. The third kappa shape index (κ3) is 2.07. The lowest BCUT2D eigenvalue weighted by Crippen LogP contribution is -2.28. The minimum atomic E-state index is -0.111. The Morgan fingerprint density at radius 2 is 1.82 bits per heavy atom. The van der Waals surface area contributed by atoms with Gasteiger partial charge in [0.1, 0.15) is 5.01 Å². The van der Waals surface area contributed by atoms with Gasteiger partial charge in [0, 0.05) is 17.4 Å². The van der Waals surface area contributed by atoms with Gasteiger partial charge in [-0.2, -0.15) is 9.61 Å². The normalized spacial score (nSPS) is 13.5. The molecule has 0 bridgehead atoms. The first-order valence-corrected chi connectivity index (χ1v) is 6.50. The topological polar surface area (TPSA) is 69.1 Å². The van der Waals surface area contributed by atoms with Crippen LogP contribution in [-0.2, 0) is 10.8 Å². The minimum absolute atomic E-state index is 0.0579. The molecule has 0 atom stereocenters. The summed E-state index contributed by atoms with van der Waals surface area (Å²) in [5.41, 5.74) is 5.61. The smallest absolute Gasteiger partial charge is 0.234 e. The lowest BCUT2D eigenvalue weighted by Gasteiger charge is -2.18. The monoisotopic (exact) mass is 253 g/mol. The van der Waals surface area contributed by atoms with Gasteiger partial charge in [-0.15, -0.1) is 10.2 Å². The van der Waals surface area contributed by atoms with Gasteiger partial charge in [0.15, 0.2) is 5.82 Å². The van der Waals surface area contributed by atoms with E-state index in [-0.39, 0.29) is 10.8 Å². The standard InChI is InChI=1S/C11H19N5S/c1-10(2,3)7-13-14-9-16(7)15-8(17-9)11(4,5)6-12/h6,12H2,1-5H3. The van der Waals surface area contributed by atoms with Gasteiger partial charge >= 0.3 is 0 Å². The summed E-state index contributed by atoms with van der Waals surface area (Å²) < 4.78 is 1.84. The van der Waals surface area contributed by atoms with Crippen LogP contribution < -0.4 is 5.73 Å². The molecular formula is C11H19N5S. The molecule has 0 fully saturated rings. The summed E-state index contributed by atoms with van der Waals surface area (Å²) in [5.74, 6) is 0.892. The third-order valence-electron chi connectivity index (χ3n) is 2.75. The minimum Gasteiger partial charge on any atom is -0.330 e. The van der Waals surface area contributed by atoms with Gasteiger partial charge in [0.2, 0.25) is 4.96 Å². The molecule has 0 saturated carbocycles. The first-order valence-electron chi connectivity index (χ1n) is 5.69. The molecule has 0 saturated heterocycles. The average Bonchev–Trinajstić information content (AvgIpc) is 2.73. The lowest BCUT2D eigenvalue weighted by molar-refractivity contribution is 0.503. The van der Waals surface area contributed by atoms with E-state index < -0.39 is 0 Å². The van der Waals surface area contributed by atoms with Crippen LogP contribution in [0.5, 0.6) is 0 Å². The number of nitrogens with two attached hydrogens (primary N) is 1. The van der Waals surface area contributed by atoms with Gasteiger partial charge in [-0.05, 0) is 0 Å². The lowest BCUT2D eigenvalue weighted by atomic mass is 9.95. The number of hydrogen-bond donors (Lipinski definition) is 1. The second-order valence-corrected chi connectivity index (χ2v) is 6.92. The van der Waals surface area contributed by atoms with Crippen LogP contribution >= 0.6 is 11.3 Å². The molecule has 0 aliphatic heterocycles. The summed E-state index contributed by atoms with van der Waals surface area (Å²) in [6.45, 7) is 11.1. The summed E-state index contributed by atoms with van der Waals surface area (Å²) >= 11 is 1.56. The molecule has 0 unspecified atom stereocenters. The molecule has 2 aromatic rings. The Bertz CT molecular complexity index is 532. The maximum Gasteiger partial charge on any atom is 0.234 e. The van der Waals surface area contributed by atoms with Gasteiger partial charge in [-0.1, -0.05) is 46.0 Å². The largest absolute Gasteiger partial charge is 0.330 e. The second kappa shape index (κ2) is 3.74. The summed E-state index contributed by atoms with van der Waals surface area (Å²) in [5, 5.41) is 14.0. The molecule has 94 valence electrons. The second-order valence-electron chi connectivity index (χ2n) is 5.96. The highest BCUT2D eigenvalue weighted by atomic mass is 32.1.